The van der Waals surface area contributed by atoms with Gasteiger partial charge >= 0.3 is 0 Å². The summed E-state index contributed by atoms with van der Waals surface area (Å²) >= 11 is 0. The molecule has 2 aliphatic heterocycles. The highest BCUT2D eigenvalue weighted by molar-refractivity contribution is 6.09. The first kappa shape index (κ1) is 17.3. The molecule has 1 aromatic carbocycles. The van der Waals surface area contributed by atoms with E-state index in [0.717, 1.165) is 67.2 Å². The lowest BCUT2D eigenvalue weighted by atomic mass is 10.0. The first-order chi connectivity index (χ1) is 12.6. The third-order valence-electron chi connectivity index (χ3n) is 5.43. The zero-order valence-electron chi connectivity index (χ0n) is 15.8. The smallest absolute Gasteiger partial charge is 0.162 e. The molecule has 4 rings (SSSR count). The highest BCUT2D eigenvalue weighted by Gasteiger charge is 2.21. The van der Waals surface area contributed by atoms with Gasteiger partial charge in [-0.3, -0.25) is 4.79 Å². The van der Waals surface area contributed by atoms with Gasteiger partial charge in [0.05, 0.1) is 24.4 Å². The molecule has 2 aromatic rings. The minimum Gasteiger partial charge on any atom is -0.378 e. The van der Waals surface area contributed by atoms with Crippen molar-refractivity contribution in [2.75, 3.05) is 49.2 Å². The SMILES string of the molecule is CC(=O)c1cc(C)cc2c(N3CCOCC3)cc(N3CCCCC3)nc12. The van der Waals surface area contributed by atoms with E-state index in [1.807, 2.05) is 13.0 Å². The maximum absolute atomic E-state index is 12.3. The van der Waals surface area contributed by atoms with E-state index in [0.29, 0.717) is 0 Å². The maximum Gasteiger partial charge on any atom is 0.162 e. The summed E-state index contributed by atoms with van der Waals surface area (Å²) in [5, 5.41) is 1.08. The van der Waals surface area contributed by atoms with Crippen LogP contribution in [-0.4, -0.2) is 50.2 Å². The molecule has 0 N–H and O–H groups in total. The third kappa shape index (κ3) is 3.28. The fraction of sp³-hybridized carbons (Fsp3) is 0.524. The van der Waals surface area contributed by atoms with Gasteiger partial charge in [0, 0.05) is 43.2 Å². The number of rotatable bonds is 3. The standard InChI is InChI=1S/C21H27N3O2/c1-15-12-17(16(2)25)21-18(13-15)19(23-8-10-26-11-9-23)14-20(22-21)24-6-4-3-5-7-24/h12-14H,3-11H2,1-2H3. The topological polar surface area (TPSA) is 45.7 Å². The fourth-order valence-corrected chi connectivity index (χ4v) is 4.06. The van der Waals surface area contributed by atoms with Crippen LogP contribution < -0.4 is 9.80 Å². The van der Waals surface area contributed by atoms with E-state index >= 15 is 0 Å². The number of anilines is 2. The van der Waals surface area contributed by atoms with Crippen LogP contribution in [0.5, 0.6) is 0 Å². The normalized spacial score (nSPS) is 18.4. The molecule has 0 radical (unpaired) electrons. The Labute approximate surface area is 154 Å². The van der Waals surface area contributed by atoms with Crippen LogP contribution in [0.3, 0.4) is 0 Å². The molecule has 0 atom stereocenters. The largest absolute Gasteiger partial charge is 0.378 e. The molecule has 0 bridgehead atoms. The number of ether oxygens (including phenoxy) is 1. The Hall–Kier alpha value is -2.14. The summed E-state index contributed by atoms with van der Waals surface area (Å²) in [4.78, 5) is 22.0. The Morgan fingerprint density at radius 3 is 2.42 bits per heavy atom. The van der Waals surface area contributed by atoms with Crippen molar-refractivity contribution in [2.24, 2.45) is 0 Å². The first-order valence-electron chi connectivity index (χ1n) is 9.67. The van der Waals surface area contributed by atoms with Crippen molar-refractivity contribution >= 4 is 28.2 Å². The van der Waals surface area contributed by atoms with Crippen molar-refractivity contribution in [1.82, 2.24) is 4.98 Å². The van der Waals surface area contributed by atoms with E-state index in [1.165, 1.54) is 24.9 Å². The molecule has 0 saturated carbocycles. The second-order valence-corrected chi connectivity index (χ2v) is 7.41. The molecule has 26 heavy (non-hydrogen) atoms. The predicted octanol–water partition coefficient (Wildman–Crippen LogP) is 3.57. The molecule has 2 aliphatic rings. The van der Waals surface area contributed by atoms with Crippen LogP contribution in [0.25, 0.3) is 10.9 Å². The molecule has 2 fully saturated rings. The Morgan fingerprint density at radius 1 is 1.00 bits per heavy atom. The maximum atomic E-state index is 12.3. The summed E-state index contributed by atoms with van der Waals surface area (Å²) in [5.41, 5.74) is 3.86. The van der Waals surface area contributed by atoms with Gasteiger partial charge in [-0.25, -0.2) is 4.98 Å². The minimum absolute atomic E-state index is 0.0786. The number of carbonyl (C=O) groups excluding carboxylic acids is 1. The molecule has 1 aromatic heterocycles. The first-order valence-corrected chi connectivity index (χ1v) is 9.67. The fourth-order valence-electron chi connectivity index (χ4n) is 4.06. The summed E-state index contributed by atoms with van der Waals surface area (Å²) in [6.45, 7) is 9.02. The lowest BCUT2D eigenvalue weighted by molar-refractivity contribution is 0.101. The number of nitrogens with zero attached hydrogens (tertiary/aromatic N) is 3. The summed E-state index contributed by atoms with van der Waals surface area (Å²) in [7, 11) is 0. The second kappa shape index (κ2) is 7.23. The molecule has 5 nitrogen and oxygen atoms in total. The van der Waals surface area contributed by atoms with Crippen LogP contribution in [0.4, 0.5) is 11.5 Å². The third-order valence-corrected chi connectivity index (χ3v) is 5.43. The van der Waals surface area contributed by atoms with Gasteiger partial charge in [-0.15, -0.1) is 0 Å². The lowest BCUT2D eigenvalue weighted by Crippen LogP contribution is -2.37. The van der Waals surface area contributed by atoms with Gasteiger partial charge < -0.3 is 14.5 Å². The summed E-state index contributed by atoms with van der Waals surface area (Å²) < 4.78 is 5.54. The quantitative estimate of drug-likeness (QED) is 0.790. The number of pyridine rings is 1. The number of ketones is 1. The highest BCUT2D eigenvalue weighted by Crippen LogP contribution is 2.34. The molecule has 0 unspecified atom stereocenters. The number of benzene rings is 1. The lowest BCUT2D eigenvalue weighted by Gasteiger charge is -2.33. The molecular formula is C21H27N3O2. The van der Waals surface area contributed by atoms with Gasteiger partial charge in [-0.05, 0) is 50.8 Å². The van der Waals surface area contributed by atoms with Crippen LogP contribution in [0.15, 0.2) is 18.2 Å². The number of hydrogen-bond acceptors (Lipinski definition) is 5. The molecule has 5 heteroatoms. The average molecular weight is 353 g/mol. The van der Waals surface area contributed by atoms with Crippen LogP contribution in [0.2, 0.25) is 0 Å². The van der Waals surface area contributed by atoms with Crippen molar-refractivity contribution in [1.29, 1.82) is 0 Å². The predicted molar refractivity (Wildman–Crippen MR) is 106 cm³/mol. The Balaban J connectivity index is 1.91. The minimum atomic E-state index is 0.0786. The molecule has 0 aliphatic carbocycles. The van der Waals surface area contributed by atoms with E-state index < -0.39 is 0 Å². The van der Waals surface area contributed by atoms with Crippen molar-refractivity contribution in [2.45, 2.75) is 33.1 Å². The zero-order valence-corrected chi connectivity index (χ0v) is 15.8. The Morgan fingerprint density at radius 2 is 1.73 bits per heavy atom. The number of carbonyl (C=O) groups is 1. The van der Waals surface area contributed by atoms with Crippen LogP contribution in [0.1, 0.15) is 42.1 Å². The van der Waals surface area contributed by atoms with E-state index in [9.17, 15) is 4.79 Å². The van der Waals surface area contributed by atoms with Crippen molar-refractivity contribution in [3.05, 3.63) is 29.3 Å². The average Bonchev–Trinajstić information content (AvgIpc) is 2.68. The second-order valence-electron chi connectivity index (χ2n) is 7.41. The Bertz CT molecular complexity index is 822. The van der Waals surface area contributed by atoms with Gasteiger partial charge in [0.1, 0.15) is 5.82 Å². The number of aromatic nitrogens is 1. The zero-order chi connectivity index (χ0) is 18.1. The van der Waals surface area contributed by atoms with E-state index in [2.05, 4.69) is 21.9 Å². The molecule has 0 amide bonds. The van der Waals surface area contributed by atoms with Crippen molar-refractivity contribution in [3.8, 4) is 0 Å². The monoisotopic (exact) mass is 353 g/mol. The number of piperidine rings is 1. The summed E-state index contributed by atoms with van der Waals surface area (Å²) in [6, 6.07) is 6.36. The van der Waals surface area contributed by atoms with E-state index in [1.54, 1.807) is 6.92 Å². The van der Waals surface area contributed by atoms with Gasteiger partial charge in [-0.2, -0.15) is 0 Å². The van der Waals surface area contributed by atoms with Crippen LogP contribution in [-0.2, 0) is 4.74 Å². The van der Waals surface area contributed by atoms with Crippen molar-refractivity contribution < 1.29 is 9.53 Å². The summed E-state index contributed by atoms with van der Waals surface area (Å²) in [5.74, 6) is 1.08. The van der Waals surface area contributed by atoms with E-state index in [4.69, 9.17) is 9.72 Å². The van der Waals surface area contributed by atoms with Gasteiger partial charge in [0.15, 0.2) is 5.78 Å². The van der Waals surface area contributed by atoms with Crippen molar-refractivity contribution in [3.63, 3.8) is 0 Å². The van der Waals surface area contributed by atoms with Crippen LogP contribution >= 0.6 is 0 Å². The van der Waals surface area contributed by atoms with Gasteiger partial charge in [-0.1, -0.05) is 0 Å². The van der Waals surface area contributed by atoms with E-state index in [-0.39, 0.29) is 5.78 Å². The molecule has 2 saturated heterocycles. The van der Waals surface area contributed by atoms with Gasteiger partial charge in [0.25, 0.3) is 0 Å². The Kier molecular flexibility index (Phi) is 4.81. The highest BCUT2D eigenvalue weighted by atomic mass is 16.5. The molecular weight excluding hydrogens is 326 g/mol. The molecule has 138 valence electrons. The number of fused-ring (bicyclic) bond motifs is 1. The number of morpholine rings is 1. The number of aryl methyl sites for hydroxylation is 1. The number of hydrogen-bond donors (Lipinski definition) is 0. The molecule has 0 spiro atoms. The molecule has 3 heterocycles. The number of Topliss-reactive ketones (excluding diaryl/α,β-unsaturated/α-hetero) is 1. The van der Waals surface area contributed by atoms with Crippen LogP contribution in [0, 0.1) is 6.92 Å². The van der Waals surface area contributed by atoms with Gasteiger partial charge in [0.2, 0.25) is 0 Å². The summed E-state index contributed by atoms with van der Waals surface area (Å²) in [6.07, 6.45) is 3.71.